The molecule has 2 fully saturated rings. The minimum absolute atomic E-state index is 0.0410. The van der Waals surface area contributed by atoms with Crippen molar-refractivity contribution in [2.24, 2.45) is 0 Å². The summed E-state index contributed by atoms with van der Waals surface area (Å²) in [5.74, 6) is 0.155. The van der Waals surface area contributed by atoms with Crippen LogP contribution in [0.1, 0.15) is 28.8 Å². The zero-order valence-corrected chi connectivity index (χ0v) is 21.2. The molecule has 4 aromatic rings. The van der Waals surface area contributed by atoms with Gasteiger partial charge in [-0.3, -0.25) is 4.79 Å². The number of halogens is 1. The first-order valence-electron chi connectivity index (χ1n) is 12.8. The molecule has 0 atom stereocenters. The summed E-state index contributed by atoms with van der Waals surface area (Å²) in [6.45, 7) is 4.04. The number of H-pyrrole nitrogens is 1. The lowest BCUT2D eigenvalue weighted by Gasteiger charge is -2.34. The molecule has 6 rings (SSSR count). The van der Waals surface area contributed by atoms with E-state index in [9.17, 15) is 14.3 Å². The number of carbonyl (C=O) groups is 1. The first-order valence-corrected chi connectivity index (χ1v) is 12.8. The first-order chi connectivity index (χ1) is 18.4. The van der Waals surface area contributed by atoms with Gasteiger partial charge in [0.2, 0.25) is 5.95 Å². The molecular weight excluding hydrogens is 485 g/mol. The van der Waals surface area contributed by atoms with E-state index in [1.54, 1.807) is 6.20 Å². The Balaban J connectivity index is 1.30. The van der Waals surface area contributed by atoms with Crippen LogP contribution >= 0.6 is 0 Å². The summed E-state index contributed by atoms with van der Waals surface area (Å²) in [6.07, 6.45) is 3.21. The number of ketones is 1. The Kier molecular flexibility index (Phi) is 6.21. The van der Waals surface area contributed by atoms with Crippen molar-refractivity contribution < 1.29 is 14.3 Å². The molecule has 0 radical (unpaired) electrons. The molecule has 0 amide bonds. The predicted molar refractivity (Wildman–Crippen MR) is 146 cm³/mol. The van der Waals surface area contributed by atoms with Gasteiger partial charge in [-0.25, -0.2) is 4.39 Å². The highest BCUT2D eigenvalue weighted by molar-refractivity contribution is 6.18. The van der Waals surface area contributed by atoms with Crippen molar-refractivity contribution in [2.75, 3.05) is 55.4 Å². The second kappa shape index (κ2) is 9.70. The molecular formula is C28H30FN7O2. The Bertz CT molecular complexity index is 1460. The molecule has 2 aromatic heterocycles. The monoisotopic (exact) mass is 515 g/mol. The van der Waals surface area contributed by atoms with E-state index in [2.05, 4.69) is 49.6 Å². The van der Waals surface area contributed by atoms with Gasteiger partial charge in [-0.15, -0.1) is 0 Å². The second-order valence-corrected chi connectivity index (χ2v) is 10.2. The topological polar surface area (TPSA) is 109 Å². The molecule has 2 aromatic carbocycles. The Morgan fingerprint density at radius 2 is 1.76 bits per heavy atom. The van der Waals surface area contributed by atoms with Crippen LogP contribution in [0.3, 0.4) is 0 Å². The normalized spacial score (nSPS) is 17.0. The van der Waals surface area contributed by atoms with Crippen LogP contribution in [0.2, 0.25) is 0 Å². The third kappa shape index (κ3) is 4.80. The van der Waals surface area contributed by atoms with Crippen molar-refractivity contribution in [1.82, 2.24) is 19.9 Å². The molecule has 1 saturated carbocycles. The van der Waals surface area contributed by atoms with Gasteiger partial charge in [0.1, 0.15) is 17.3 Å². The van der Waals surface area contributed by atoms with Crippen LogP contribution in [0, 0.1) is 5.82 Å². The van der Waals surface area contributed by atoms with E-state index in [4.69, 9.17) is 4.98 Å². The highest BCUT2D eigenvalue weighted by Crippen LogP contribution is 2.40. The first kappa shape index (κ1) is 24.3. The molecule has 1 aliphatic carbocycles. The molecule has 0 unspecified atom stereocenters. The quantitative estimate of drug-likeness (QED) is 0.263. The van der Waals surface area contributed by atoms with Gasteiger partial charge in [0.15, 0.2) is 5.78 Å². The van der Waals surface area contributed by atoms with E-state index >= 15 is 0 Å². The third-order valence-electron chi connectivity index (χ3n) is 7.41. The minimum atomic E-state index is -0.462. The average molecular weight is 516 g/mol. The maximum Gasteiger partial charge on any atom is 0.231 e. The average Bonchev–Trinajstić information content (AvgIpc) is 3.57. The summed E-state index contributed by atoms with van der Waals surface area (Å²) in [6, 6.07) is 13.6. The number of aromatic amines is 1. The number of likely N-dealkylation sites (N-methyl/N-ethyl adjacent to an activating group) is 1. The predicted octanol–water partition coefficient (Wildman–Crippen LogP) is 3.76. The van der Waals surface area contributed by atoms with Gasteiger partial charge in [0.05, 0.1) is 23.1 Å². The molecule has 4 N–H and O–H groups in total. The number of rotatable bonds is 8. The summed E-state index contributed by atoms with van der Waals surface area (Å²) < 4.78 is 13.4. The summed E-state index contributed by atoms with van der Waals surface area (Å²) >= 11 is 0. The minimum Gasteiger partial charge on any atom is -0.394 e. The number of benzene rings is 2. The van der Waals surface area contributed by atoms with Gasteiger partial charge in [-0.1, -0.05) is 0 Å². The van der Waals surface area contributed by atoms with Gasteiger partial charge in [-0.05, 0) is 68.4 Å². The Morgan fingerprint density at radius 3 is 2.42 bits per heavy atom. The number of aliphatic hydroxyl groups excluding tert-OH is 1. The number of hydrogen-bond donors (Lipinski definition) is 4. The lowest BCUT2D eigenvalue weighted by atomic mass is 10.0. The summed E-state index contributed by atoms with van der Waals surface area (Å²) in [7, 11) is 2.14. The fourth-order valence-electron chi connectivity index (χ4n) is 4.79. The van der Waals surface area contributed by atoms with Crippen molar-refractivity contribution in [3.05, 3.63) is 71.7 Å². The SMILES string of the molecule is CN1CCN(c2ccc(Nc3nc(NC4(CO)CC4)c4c(C(=O)c5ccc(F)cc5)c[nH]c4n3)cc2)CC1. The standard InChI is InChI=1S/C28H30FN7O2/c1-35-12-14-36(15-13-35)21-8-6-20(7-9-21)31-27-32-25-23(26(33-27)34-28(17-37)10-11-28)22(16-30-25)24(38)18-2-4-19(29)5-3-18/h2-9,16,37H,10-15,17H2,1H3,(H3,30,31,32,33,34). The summed E-state index contributed by atoms with van der Waals surface area (Å²) in [5.41, 5.74) is 2.78. The Labute approximate surface area is 219 Å². The zero-order valence-electron chi connectivity index (χ0n) is 21.2. The van der Waals surface area contributed by atoms with Crippen molar-refractivity contribution in [3.63, 3.8) is 0 Å². The molecule has 10 heteroatoms. The molecule has 38 heavy (non-hydrogen) atoms. The maximum atomic E-state index is 13.4. The fourth-order valence-corrected chi connectivity index (χ4v) is 4.79. The number of aliphatic hydroxyl groups is 1. The maximum absolute atomic E-state index is 13.4. The number of carbonyl (C=O) groups excluding carboxylic acids is 1. The van der Waals surface area contributed by atoms with E-state index in [0.717, 1.165) is 44.7 Å². The van der Waals surface area contributed by atoms with Gasteiger partial charge in [0, 0.05) is 49.3 Å². The molecule has 0 spiro atoms. The molecule has 2 aliphatic rings. The molecule has 1 saturated heterocycles. The number of hydrogen-bond acceptors (Lipinski definition) is 8. The van der Waals surface area contributed by atoms with E-state index in [1.807, 2.05) is 12.1 Å². The van der Waals surface area contributed by atoms with Gasteiger partial charge in [-0.2, -0.15) is 9.97 Å². The highest BCUT2D eigenvalue weighted by atomic mass is 19.1. The number of aromatic nitrogens is 3. The van der Waals surface area contributed by atoms with Gasteiger partial charge >= 0.3 is 0 Å². The van der Waals surface area contributed by atoms with Crippen molar-refractivity contribution in [2.45, 2.75) is 18.4 Å². The molecule has 1 aliphatic heterocycles. The van der Waals surface area contributed by atoms with Crippen LogP contribution in [0.15, 0.2) is 54.7 Å². The highest BCUT2D eigenvalue weighted by Gasteiger charge is 2.43. The molecule has 0 bridgehead atoms. The smallest absolute Gasteiger partial charge is 0.231 e. The van der Waals surface area contributed by atoms with Gasteiger partial charge in [0.25, 0.3) is 0 Å². The fraction of sp³-hybridized carbons (Fsp3) is 0.321. The van der Waals surface area contributed by atoms with Crippen LogP contribution in [0.4, 0.5) is 27.5 Å². The summed E-state index contributed by atoms with van der Waals surface area (Å²) in [4.78, 5) is 30.4. The van der Waals surface area contributed by atoms with Gasteiger partial charge < -0.3 is 30.5 Å². The van der Waals surface area contributed by atoms with Crippen LogP contribution in [-0.4, -0.2) is 76.1 Å². The van der Waals surface area contributed by atoms with E-state index < -0.39 is 11.4 Å². The largest absolute Gasteiger partial charge is 0.394 e. The lowest BCUT2D eigenvalue weighted by molar-refractivity contribution is 0.104. The molecule has 196 valence electrons. The Morgan fingerprint density at radius 1 is 1.05 bits per heavy atom. The summed E-state index contributed by atoms with van der Waals surface area (Å²) in [5, 5.41) is 17.1. The number of piperazine rings is 1. The molecule has 3 heterocycles. The second-order valence-electron chi connectivity index (χ2n) is 10.2. The molecule has 9 nitrogen and oxygen atoms in total. The zero-order chi connectivity index (χ0) is 26.3. The van der Waals surface area contributed by atoms with Crippen LogP contribution < -0.4 is 15.5 Å². The van der Waals surface area contributed by atoms with E-state index in [1.165, 1.54) is 30.0 Å². The van der Waals surface area contributed by atoms with Crippen LogP contribution in [-0.2, 0) is 0 Å². The van der Waals surface area contributed by atoms with E-state index in [-0.39, 0.29) is 12.4 Å². The number of anilines is 4. The number of nitrogens with zero attached hydrogens (tertiary/aromatic N) is 4. The number of fused-ring (bicyclic) bond motifs is 1. The Hall–Kier alpha value is -4.02. The third-order valence-corrected chi connectivity index (χ3v) is 7.41. The van der Waals surface area contributed by atoms with Crippen LogP contribution in [0.25, 0.3) is 11.0 Å². The van der Waals surface area contributed by atoms with Crippen molar-refractivity contribution in [1.29, 1.82) is 0 Å². The van der Waals surface area contributed by atoms with Crippen molar-refractivity contribution in [3.8, 4) is 0 Å². The number of nitrogens with one attached hydrogen (secondary N) is 3. The van der Waals surface area contributed by atoms with Crippen LogP contribution in [0.5, 0.6) is 0 Å². The van der Waals surface area contributed by atoms with E-state index in [0.29, 0.717) is 33.9 Å². The lowest BCUT2D eigenvalue weighted by Crippen LogP contribution is -2.44. The van der Waals surface area contributed by atoms with Crippen molar-refractivity contribution >= 4 is 40.0 Å².